The van der Waals surface area contributed by atoms with Gasteiger partial charge >= 0.3 is 12.0 Å². The van der Waals surface area contributed by atoms with Gasteiger partial charge in [-0.3, -0.25) is 14.9 Å². The number of carbonyl (C=O) groups is 3. The van der Waals surface area contributed by atoms with E-state index in [1.165, 1.54) is 37.1 Å². The van der Waals surface area contributed by atoms with Gasteiger partial charge in [-0.05, 0) is 25.2 Å². The van der Waals surface area contributed by atoms with Gasteiger partial charge in [-0.15, -0.1) is 0 Å². The molecule has 3 amide bonds. The summed E-state index contributed by atoms with van der Waals surface area (Å²) in [7, 11) is 0. The Balaban J connectivity index is 1.73. The third kappa shape index (κ3) is 6.48. The second-order valence-electron chi connectivity index (χ2n) is 7.04. The first-order chi connectivity index (χ1) is 12.1. The zero-order valence-electron chi connectivity index (χ0n) is 14.8. The quantitative estimate of drug-likeness (QED) is 0.358. The molecule has 0 radical (unpaired) electrons. The Hall–Kier alpha value is -1.92. The molecule has 1 aliphatic carbocycles. The van der Waals surface area contributed by atoms with Crippen molar-refractivity contribution >= 4 is 24.1 Å². The average Bonchev–Trinajstić information content (AvgIpc) is 2.85. The van der Waals surface area contributed by atoms with E-state index < -0.39 is 18.0 Å². The van der Waals surface area contributed by atoms with Crippen LogP contribution in [0.3, 0.4) is 0 Å². The van der Waals surface area contributed by atoms with Gasteiger partial charge < -0.3 is 5.11 Å². The van der Waals surface area contributed by atoms with Crippen LogP contribution in [0, 0.1) is 5.92 Å². The van der Waals surface area contributed by atoms with Crippen LogP contribution in [0.4, 0.5) is 4.79 Å². The molecule has 1 atom stereocenters. The summed E-state index contributed by atoms with van der Waals surface area (Å²) in [4.78, 5) is 34.3. The Morgan fingerprint density at radius 3 is 2.60 bits per heavy atom. The van der Waals surface area contributed by atoms with E-state index in [0.29, 0.717) is 18.8 Å². The SMILES string of the molecule is O=C(O)CCCCCCC1C(=O)NC(=O)N1/N=C/CC1CCCCC1. The lowest BCUT2D eigenvalue weighted by atomic mass is 9.87. The number of aliphatic carboxylic acids is 1. The number of imide groups is 1. The van der Waals surface area contributed by atoms with Crippen LogP contribution in [0.15, 0.2) is 5.10 Å². The van der Waals surface area contributed by atoms with Crippen molar-refractivity contribution in [2.45, 2.75) is 83.1 Å². The van der Waals surface area contributed by atoms with Crippen LogP contribution < -0.4 is 5.32 Å². The predicted octanol–water partition coefficient (Wildman–Crippen LogP) is 3.29. The van der Waals surface area contributed by atoms with Crippen molar-refractivity contribution in [2.24, 2.45) is 11.0 Å². The molecule has 1 saturated carbocycles. The summed E-state index contributed by atoms with van der Waals surface area (Å²) in [6.45, 7) is 0. The Morgan fingerprint density at radius 1 is 1.16 bits per heavy atom. The third-order valence-corrected chi connectivity index (χ3v) is 5.02. The van der Waals surface area contributed by atoms with Crippen LogP contribution in [0.5, 0.6) is 0 Å². The molecule has 1 heterocycles. The summed E-state index contributed by atoms with van der Waals surface area (Å²) >= 11 is 0. The summed E-state index contributed by atoms with van der Waals surface area (Å²) in [5, 5.41) is 16.5. The van der Waals surface area contributed by atoms with Gasteiger partial charge in [0.15, 0.2) is 0 Å². The van der Waals surface area contributed by atoms with Crippen molar-refractivity contribution in [1.82, 2.24) is 10.3 Å². The molecule has 2 fully saturated rings. The number of unbranched alkanes of at least 4 members (excludes halogenated alkanes) is 3. The fraction of sp³-hybridized carbons (Fsp3) is 0.778. The van der Waals surface area contributed by atoms with Crippen LogP contribution in [0.1, 0.15) is 77.0 Å². The minimum absolute atomic E-state index is 0.181. The number of urea groups is 1. The Labute approximate surface area is 148 Å². The van der Waals surface area contributed by atoms with Gasteiger partial charge in [-0.2, -0.15) is 5.10 Å². The molecule has 0 bridgehead atoms. The molecule has 2 rings (SSSR count). The number of hydrogen-bond donors (Lipinski definition) is 2. The fourth-order valence-electron chi connectivity index (χ4n) is 3.56. The molecule has 0 aromatic rings. The van der Waals surface area contributed by atoms with Gasteiger partial charge in [0.1, 0.15) is 6.04 Å². The maximum atomic E-state index is 11.9. The Bertz CT molecular complexity index is 501. The highest BCUT2D eigenvalue weighted by atomic mass is 16.4. The van der Waals surface area contributed by atoms with Gasteiger partial charge in [0.2, 0.25) is 0 Å². The fourth-order valence-corrected chi connectivity index (χ4v) is 3.56. The highest BCUT2D eigenvalue weighted by Gasteiger charge is 2.37. The molecule has 0 aromatic carbocycles. The summed E-state index contributed by atoms with van der Waals surface area (Å²) in [5.74, 6) is -0.420. The Morgan fingerprint density at radius 2 is 1.88 bits per heavy atom. The van der Waals surface area contributed by atoms with Crippen LogP contribution >= 0.6 is 0 Å². The highest BCUT2D eigenvalue weighted by molar-refractivity contribution is 6.04. The minimum Gasteiger partial charge on any atom is -0.481 e. The van der Waals surface area contributed by atoms with E-state index in [1.54, 1.807) is 6.21 Å². The zero-order chi connectivity index (χ0) is 18.1. The Kier molecular flexibility index (Phi) is 7.88. The molecule has 2 N–H and O–H groups in total. The largest absolute Gasteiger partial charge is 0.481 e. The van der Waals surface area contributed by atoms with Crippen LogP contribution in [0.25, 0.3) is 0 Å². The number of carboxylic acid groups (broad SMARTS) is 1. The molecule has 0 aromatic heterocycles. The average molecular weight is 351 g/mol. The third-order valence-electron chi connectivity index (χ3n) is 5.02. The molecule has 1 saturated heterocycles. The molecule has 7 nitrogen and oxygen atoms in total. The lowest BCUT2D eigenvalue weighted by molar-refractivity contribution is -0.137. The molecular formula is C18H29N3O4. The number of carbonyl (C=O) groups excluding carboxylic acids is 2. The smallest absolute Gasteiger partial charge is 0.345 e. The van der Waals surface area contributed by atoms with Gasteiger partial charge in [-0.1, -0.05) is 51.4 Å². The number of rotatable bonds is 10. The number of carboxylic acids is 1. The molecule has 140 valence electrons. The number of nitrogens with one attached hydrogen (secondary N) is 1. The molecule has 1 unspecified atom stereocenters. The number of hydrazone groups is 1. The summed E-state index contributed by atoms with van der Waals surface area (Å²) in [5.41, 5.74) is 0. The van der Waals surface area contributed by atoms with E-state index >= 15 is 0 Å². The van der Waals surface area contributed by atoms with Crippen LogP contribution in [-0.2, 0) is 9.59 Å². The van der Waals surface area contributed by atoms with E-state index in [0.717, 1.165) is 25.7 Å². The predicted molar refractivity (Wildman–Crippen MR) is 94.2 cm³/mol. The van der Waals surface area contributed by atoms with Gasteiger partial charge in [0.05, 0.1) is 0 Å². The van der Waals surface area contributed by atoms with E-state index in [1.807, 2.05) is 0 Å². The first-order valence-electron chi connectivity index (χ1n) is 9.46. The minimum atomic E-state index is -0.778. The van der Waals surface area contributed by atoms with Crippen molar-refractivity contribution < 1.29 is 19.5 Å². The van der Waals surface area contributed by atoms with Gasteiger partial charge in [0, 0.05) is 12.6 Å². The highest BCUT2D eigenvalue weighted by Crippen LogP contribution is 2.25. The second kappa shape index (κ2) is 10.2. The van der Waals surface area contributed by atoms with Crippen molar-refractivity contribution in [3.63, 3.8) is 0 Å². The zero-order valence-corrected chi connectivity index (χ0v) is 14.8. The summed E-state index contributed by atoms with van der Waals surface area (Å²) in [6, 6.07) is -0.977. The van der Waals surface area contributed by atoms with E-state index in [9.17, 15) is 14.4 Å². The summed E-state index contributed by atoms with van der Waals surface area (Å²) < 4.78 is 0. The van der Waals surface area contributed by atoms with Gasteiger partial charge in [-0.25, -0.2) is 9.80 Å². The van der Waals surface area contributed by atoms with Crippen molar-refractivity contribution in [3.8, 4) is 0 Å². The first-order valence-corrected chi connectivity index (χ1v) is 9.46. The van der Waals surface area contributed by atoms with Crippen molar-refractivity contribution in [3.05, 3.63) is 0 Å². The second-order valence-corrected chi connectivity index (χ2v) is 7.04. The number of nitrogens with zero attached hydrogens (tertiary/aromatic N) is 2. The molecular weight excluding hydrogens is 322 g/mol. The molecule has 25 heavy (non-hydrogen) atoms. The molecule has 1 aliphatic heterocycles. The normalized spacial score (nSPS) is 21.9. The maximum absolute atomic E-state index is 11.9. The lowest BCUT2D eigenvalue weighted by Crippen LogP contribution is -2.30. The standard InChI is InChI=1S/C18H29N3O4/c22-16(23)11-7-2-1-6-10-15-17(24)20-18(25)21(15)19-13-12-14-8-4-3-5-9-14/h13-15H,1-12H2,(H,22,23)(H,20,24,25)/b19-13+. The van der Waals surface area contributed by atoms with Crippen LogP contribution in [0.2, 0.25) is 0 Å². The van der Waals surface area contributed by atoms with Crippen LogP contribution in [-0.4, -0.2) is 40.3 Å². The molecule has 2 aliphatic rings. The molecule has 7 heteroatoms. The monoisotopic (exact) mass is 351 g/mol. The van der Waals surface area contributed by atoms with Crippen molar-refractivity contribution in [1.29, 1.82) is 0 Å². The van der Waals surface area contributed by atoms with E-state index in [2.05, 4.69) is 10.4 Å². The van der Waals surface area contributed by atoms with Crippen molar-refractivity contribution in [2.75, 3.05) is 0 Å². The number of amides is 3. The summed E-state index contributed by atoms with van der Waals surface area (Å²) in [6.07, 6.45) is 12.8. The first kappa shape index (κ1) is 19.4. The van der Waals surface area contributed by atoms with Gasteiger partial charge in [0.25, 0.3) is 5.91 Å². The topological polar surface area (TPSA) is 99.1 Å². The molecule has 0 spiro atoms. The van der Waals surface area contributed by atoms with E-state index in [4.69, 9.17) is 5.11 Å². The maximum Gasteiger partial charge on any atom is 0.345 e. The number of hydrogen-bond acceptors (Lipinski definition) is 4. The lowest BCUT2D eigenvalue weighted by Gasteiger charge is -2.20. The van der Waals surface area contributed by atoms with E-state index in [-0.39, 0.29) is 12.3 Å².